The van der Waals surface area contributed by atoms with Crippen LogP contribution in [-0.2, 0) is 0 Å². The first-order chi connectivity index (χ1) is 9.70. The van der Waals surface area contributed by atoms with Crippen molar-refractivity contribution in [2.45, 2.75) is 6.92 Å². The van der Waals surface area contributed by atoms with Crippen LogP contribution >= 0.6 is 11.3 Å². The maximum atomic E-state index is 6.01. The average Bonchev–Trinajstić information content (AvgIpc) is 3.08. The van der Waals surface area contributed by atoms with Crippen LogP contribution in [0.2, 0.25) is 0 Å². The third-order valence-corrected chi connectivity index (χ3v) is 3.96. The fraction of sp³-hybridized carbons (Fsp3) is 0.143. The standard InChI is InChI=1S/C14H14N4OS/c1-8-3-4-9(5-10(8)19-2)12-13(17-18-14(12)15)11-6-16-7-20-11/h3-7H,1-2H3,(H3,15,17,18). The van der Waals surface area contributed by atoms with Gasteiger partial charge in [-0.05, 0) is 24.1 Å². The van der Waals surface area contributed by atoms with E-state index >= 15 is 0 Å². The van der Waals surface area contributed by atoms with Gasteiger partial charge in [-0.3, -0.25) is 10.1 Å². The Morgan fingerprint density at radius 1 is 1.35 bits per heavy atom. The molecule has 3 aromatic rings. The van der Waals surface area contributed by atoms with Gasteiger partial charge in [0.1, 0.15) is 5.75 Å². The molecule has 102 valence electrons. The van der Waals surface area contributed by atoms with E-state index < -0.39 is 0 Å². The summed E-state index contributed by atoms with van der Waals surface area (Å²) in [4.78, 5) is 5.10. The predicted octanol–water partition coefficient (Wildman–Crippen LogP) is 3.10. The molecule has 2 aromatic heterocycles. The molecule has 3 rings (SSSR count). The van der Waals surface area contributed by atoms with Crippen molar-refractivity contribution in [2.24, 2.45) is 0 Å². The highest BCUT2D eigenvalue weighted by molar-refractivity contribution is 7.13. The molecule has 0 saturated heterocycles. The van der Waals surface area contributed by atoms with Crippen molar-refractivity contribution in [3.8, 4) is 27.4 Å². The van der Waals surface area contributed by atoms with Crippen molar-refractivity contribution in [3.05, 3.63) is 35.5 Å². The Morgan fingerprint density at radius 3 is 2.90 bits per heavy atom. The molecule has 0 aliphatic heterocycles. The molecule has 6 heteroatoms. The molecule has 5 nitrogen and oxygen atoms in total. The van der Waals surface area contributed by atoms with E-state index in [1.165, 1.54) is 0 Å². The fourth-order valence-electron chi connectivity index (χ4n) is 2.14. The van der Waals surface area contributed by atoms with Gasteiger partial charge in [0.15, 0.2) is 5.82 Å². The molecular formula is C14H14N4OS. The third-order valence-electron chi connectivity index (χ3n) is 3.17. The summed E-state index contributed by atoms with van der Waals surface area (Å²) < 4.78 is 5.37. The van der Waals surface area contributed by atoms with E-state index in [1.807, 2.05) is 25.1 Å². The highest BCUT2D eigenvalue weighted by Gasteiger charge is 2.16. The van der Waals surface area contributed by atoms with E-state index in [-0.39, 0.29) is 0 Å². The highest BCUT2D eigenvalue weighted by Crippen LogP contribution is 2.37. The number of methoxy groups -OCH3 is 1. The number of nitrogens with zero attached hydrogens (tertiary/aromatic N) is 2. The molecule has 3 N–H and O–H groups in total. The molecule has 0 amide bonds. The minimum absolute atomic E-state index is 0.472. The molecule has 0 spiro atoms. The van der Waals surface area contributed by atoms with Crippen LogP contribution in [0.3, 0.4) is 0 Å². The van der Waals surface area contributed by atoms with Crippen LogP contribution in [0.4, 0.5) is 5.82 Å². The Morgan fingerprint density at radius 2 is 2.20 bits per heavy atom. The number of thiazole rings is 1. The first-order valence-corrected chi connectivity index (χ1v) is 6.96. The molecule has 1 aromatic carbocycles. The Hall–Kier alpha value is -2.34. The summed E-state index contributed by atoms with van der Waals surface area (Å²) in [6.45, 7) is 2.01. The second kappa shape index (κ2) is 4.97. The van der Waals surface area contributed by atoms with Crippen molar-refractivity contribution in [1.82, 2.24) is 15.2 Å². The number of ether oxygens (including phenoxy) is 1. The lowest BCUT2D eigenvalue weighted by Crippen LogP contribution is -1.91. The fourth-order valence-corrected chi connectivity index (χ4v) is 2.76. The summed E-state index contributed by atoms with van der Waals surface area (Å²) in [5.74, 6) is 1.30. The zero-order valence-corrected chi connectivity index (χ0v) is 12.0. The number of hydrogen-bond acceptors (Lipinski definition) is 5. The van der Waals surface area contributed by atoms with E-state index in [0.717, 1.165) is 33.0 Å². The van der Waals surface area contributed by atoms with E-state index in [1.54, 1.807) is 30.2 Å². The van der Waals surface area contributed by atoms with E-state index in [9.17, 15) is 0 Å². The Balaban J connectivity index is 2.17. The molecule has 0 aliphatic rings. The number of hydrogen-bond donors (Lipinski definition) is 2. The smallest absolute Gasteiger partial charge is 0.153 e. The number of aromatic amines is 1. The number of aromatic nitrogens is 3. The lowest BCUT2D eigenvalue weighted by molar-refractivity contribution is 0.412. The number of nitrogens with two attached hydrogens (primary N) is 1. The monoisotopic (exact) mass is 286 g/mol. The lowest BCUT2D eigenvalue weighted by atomic mass is 10.0. The normalized spacial score (nSPS) is 10.7. The Kier molecular flexibility index (Phi) is 3.15. The van der Waals surface area contributed by atoms with Gasteiger partial charge in [-0.15, -0.1) is 11.3 Å². The zero-order chi connectivity index (χ0) is 14.1. The predicted molar refractivity (Wildman–Crippen MR) is 80.8 cm³/mol. The van der Waals surface area contributed by atoms with E-state index in [2.05, 4.69) is 15.2 Å². The first-order valence-electron chi connectivity index (χ1n) is 6.08. The number of H-pyrrole nitrogens is 1. The molecule has 20 heavy (non-hydrogen) atoms. The minimum Gasteiger partial charge on any atom is -0.496 e. The second-order valence-corrected chi connectivity index (χ2v) is 5.30. The molecule has 0 saturated carbocycles. The quantitative estimate of drug-likeness (QED) is 0.775. The van der Waals surface area contributed by atoms with Crippen LogP contribution < -0.4 is 10.5 Å². The molecule has 0 atom stereocenters. The summed E-state index contributed by atoms with van der Waals surface area (Å²) in [7, 11) is 1.66. The molecule has 0 unspecified atom stereocenters. The van der Waals surface area contributed by atoms with Crippen LogP contribution in [0.5, 0.6) is 5.75 Å². The van der Waals surface area contributed by atoms with Crippen LogP contribution in [0.25, 0.3) is 21.7 Å². The molecule has 0 fully saturated rings. The lowest BCUT2D eigenvalue weighted by Gasteiger charge is -2.08. The number of anilines is 1. The number of benzene rings is 1. The summed E-state index contributed by atoms with van der Waals surface area (Å²) in [5, 5.41) is 7.10. The maximum absolute atomic E-state index is 6.01. The topological polar surface area (TPSA) is 76.8 Å². The highest BCUT2D eigenvalue weighted by atomic mass is 32.1. The van der Waals surface area contributed by atoms with E-state index in [0.29, 0.717) is 5.82 Å². The van der Waals surface area contributed by atoms with Crippen molar-refractivity contribution < 1.29 is 4.74 Å². The second-order valence-electron chi connectivity index (χ2n) is 4.41. The molecule has 0 bridgehead atoms. The Labute approximate surface area is 120 Å². The van der Waals surface area contributed by atoms with Gasteiger partial charge in [0.2, 0.25) is 0 Å². The van der Waals surface area contributed by atoms with Gasteiger partial charge < -0.3 is 10.5 Å². The van der Waals surface area contributed by atoms with Gasteiger partial charge in [-0.25, -0.2) is 0 Å². The number of rotatable bonds is 3. The summed E-state index contributed by atoms with van der Waals surface area (Å²) >= 11 is 1.54. The van der Waals surface area contributed by atoms with Crippen molar-refractivity contribution >= 4 is 17.2 Å². The third kappa shape index (κ3) is 2.04. The summed E-state index contributed by atoms with van der Waals surface area (Å²) in [6, 6.07) is 6.00. The van der Waals surface area contributed by atoms with Crippen molar-refractivity contribution in [1.29, 1.82) is 0 Å². The van der Waals surface area contributed by atoms with Gasteiger partial charge in [-0.1, -0.05) is 12.1 Å². The summed E-state index contributed by atoms with van der Waals surface area (Å²) in [6.07, 6.45) is 1.80. The van der Waals surface area contributed by atoms with Gasteiger partial charge in [-0.2, -0.15) is 5.10 Å². The van der Waals surface area contributed by atoms with Gasteiger partial charge in [0, 0.05) is 6.20 Å². The van der Waals surface area contributed by atoms with Crippen molar-refractivity contribution in [2.75, 3.05) is 12.8 Å². The number of aryl methyl sites for hydroxylation is 1. The first kappa shape index (κ1) is 12.7. The van der Waals surface area contributed by atoms with Gasteiger partial charge in [0.25, 0.3) is 0 Å². The molecule has 0 aliphatic carbocycles. The van der Waals surface area contributed by atoms with Crippen molar-refractivity contribution in [3.63, 3.8) is 0 Å². The van der Waals surface area contributed by atoms with Gasteiger partial charge in [0.05, 0.1) is 28.8 Å². The SMILES string of the molecule is COc1cc(-c2c(N)n[nH]c2-c2cncs2)ccc1C. The maximum Gasteiger partial charge on any atom is 0.153 e. The summed E-state index contributed by atoms with van der Waals surface area (Å²) in [5.41, 5.74) is 11.6. The van der Waals surface area contributed by atoms with Gasteiger partial charge >= 0.3 is 0 Å². The average molecular weight is 286 g/mol. The number of nitrogens with one attached hydrogen (secondary N) is 1. The Bertz CT molecular complexity index is 734. The van der Waals surface area contributed by atoms with Crippen LogP contribution in [-0.4, -0.2) is 22.3 Å². The zero-order valence-electron chi connectivity index (χ0n) is 11.2. The largest absolute Gasteiger partial charge is 0.496 e. The molecular weight excluding hydrogens is 272 g/mol. The van der Waals surface area contributed by atoms with E-state index in [4.69, 9.17) is 10.5 Å². The molecule has 2 heterocycles. The van der Waals surface area contributed by atoms with Crippen LogP contribution in [0.15, 0.2) is 29.9 Å². The van der Waals surface area contributed by atoms with Crippen LogP contribution in [0.1, 0.15) is 5.56 Å². The number of nitrogen functional groups attached to an aromatic ring is 1. The molecule has 0 radical (unpaired) electrons. The van der Waals surface area contributed by atoms with Crippen LogP contribution in [0, 0.1) is 6.92 Å². The minimum atomic E-state index is 0.472.